The number of carboxylic acid groups (broad SMARTS) is 1. The first kappa shape index (κ1) is 16.2. The van der Waals surface area contributed by atoms with E-state index in [1.54, 1.807) is 24.3 Å². The lowest BCUT2D eigenvalue weighted by Gasteiger charge is -2.11. The van der Waals surface area contributed by atoms with Gasteiger partial charge in [0.2, 0.25) is 0 Å². The Labute approximate surface area is 136 Å². The van der Waals surface area contributed by atoms with Gasteiger partial charge in [-0.1, -0.05) is 25.0 Å². The van der Waals surface area contributed by atoms with Gasteiger partial charge in [0.15, 0.2) is 5.78 Å². The maximum Gasteiger partial charge on any atom is 0.329 e. The van der Waals surface area contributed by atoms with Gasteiger partial charge in [-0.3, -0.25) is 19.0 Å². The first-order valence-corrected chi connectivity index (χ1v) is 7.92. The van der Waals surface area contributed by atoms with E-state index < -0.39 is 35.5 Å². The number of Topliss-reactive ketones (excluding diaryl/α,β-unsaturated/α-hetero) is 1. The van der Waals surface area contributed by atoms with Crippen molar-refractivity contribution in [2.75, 3.05) is 0 Å². The molecule has 0 amide bonds. The molecule has 7 nitrogen and oxygen atoms in total. The molecule has 3 rings (SSSR count). The lowest BCUT2D eigenvalue weighted by Crippen LogP contribution is -2.37. The highest BCUT2D eigenvalue weighted by atomic mass is 16.4. The molecule has 1 aliphatic rings. The summed E-state index contributed by atoms with van der Waals surface area (Å²) in [6.07, 6.45) is 2.32. The molecule has 24 heavy (non-hydrogen) atoms. The summed E-state index contributed by atoms with van der Waals surface area (Å²) in [5.41, 5.74) is -0.800. The molecule has 2 N–H and O–H groups in total. The Morgan fingerprint density at radius 2 is 1.96 bits per heavy atom. The van der Waals surface area contributed by atoms with Crippen molar-refractivity contribution in [2.24, 2.45) is 11.8 Å². The van der Waals surface area contributed by atoms with Crippen molar-refractivity contribution in [1.29, 1.82) is 0 Å². The molecule has 2 aromatic rings. The first-order chi connectivity index (χ1) is 11.5. The Balaban J connectivity index is 1.81. The number of rotatable bonds is 7. The van der Waals surface area contributed by atoms with Gasteiger partial charge in [-0.25, -0.2) is 4.79 Å². The van der Waals surface area contributed by atoms with E-state index in [9.17, 15) is 24.3 Å². The fourth-order valence-electron chi connectivity index (χ4n) is 2.89. The van der Waals surface area contributed by atoms with Gasteiger partial charge in [0.25, 0.3) is 5.56 Å². The molecule has 1 aromatic carbocycles. The van der Waals surface area contributed by atoms with Crippen LogP contribution in [-0.2, 0) is 16.1 Å². The largest absolute Gasteiger partial charge is 0.481 e. The molecular formula is C17H18N2O5. The number of carboxylic acids is 1. The van der Waals surface area contributed by atoms with Crippen LogP contribution in [0.3, 0.4) is 0 Å². The van der Waals surface area contributed by atoms with Crippen LogP contribution in [0.1, 0.15) is 25.7 Å². The van der Waals surface area contributed by atoms with Crippen LogP contribution in [0.5, 0.6) is 0 Å². The summed E-state index contributed by atoms with van der Waals surface area (Å²) in [4.78, 5) is 50.4. The second-order valence-corrected chi connectivity index (χ2v) is 6.32. The number of H-pyrrole nitrogens is 1. The minimum atomic E-state index is -1.00. The van der Waals surface area contributed by atoms with E-state index in [-0.39, 0.29) is 6.42 Å². The molecule has 1 aromatic heterocycles. The molecule has 0 radical (unpaired) electrons. The number of aromatic amines is 1. The summed E-state index contributed by atoms with van der Waals surface area (Å²) < 4.78 is 0.834. The Morgan fingerprint density at radius 1 is 1.25 bits per heavy atom. The van der Waals surface area contributed by atoms with E-state index in [1.165, 1.54) is 0 Å². The normalized spacial score (nSPS) is 15.3. The average Bonchev–Trinajstić information content (AvgIpc) is 3.35. The van der Waals surface area contributed by atoms with Gasteiger partial charge >= 0.3 is 11.7 Å². The number of aliphatic carboxylic acids is 1. The summed E-state index contributed by atoms with van der Waals surface area (Å²) in [6.45, 7) is -0.409. The number of hydrogen-bond donors (Lipinski definition) is 2. The van der Waals surface area contributed by atoms with Gasteiger partial charge < -0.3 is 10.1 Å². The summed E-state index contributed by atoms with van der Waals surface area (Å²) in [5, 5.41) is 9.54. The highest BCUT2D eigenvalue weighted by molar-refractivity contribution is 5.84. The quantitative estimate of drug-likeness (QED) is 0.791. The van der Waals surface area contributed by atoms with Crippen molar-refractivity contribution in [1.82, 2.24) is 9.55 Å². The monoisotopic (exact) mass is 330 g/mol. The SMILES string of the molecule is O=C(CC(CC1CC1)C(=O)O)Cn1c(=O)[nH]c2ccccc2c1=O. The predicted molar refractivity (Wildman–Crippen MR) is 86.9 cm³/mol. The van der Waals surface area contributed by atoms with Crippen molar-refractivity contribution in [3.63, 3.8) is 0 Å². The number of hydrogen-bond acceptors (Lipinski definition) is 4. The molecule has 1 fully saturated rings. The second-order valence-electron chi connectivity index (χ2n) is 6.32. The third kappa shape index (κ3) is 3.45. The van der Waals surface area contributed by atoms with Crippen LogP contribution in [0.2, 0.25) is 0 Å². The number of carbonyl (C=O) groups is 2. The van der Waals surface area contributed by atoms with Gasteiger partial charge in [-0.05, 0) is 24.5 Å². The van der Waals surface area contributed by atoms with Crippen molar-refractivity contribution in [3.05, 3.63) is 45.1 Å². The Kier molecular flexibility index (Phi) is 4.33. The third-order valence-corrected chi connectivity index (χ3v) is 4.36. The molecule has 0 saturated heterocycles. The maximum absolute atomic E-state index is 12.4. The molecule has 1 saturated carbocycles. The van der Waals surface area contributed by atoms with Crippen molar-refractivity contribution < 1.29 is 14.7 Å². The first-order valence-electron chi connectivity index (χ1n) is 7.92. The van der Waals surface area contributed by atoms with Crippen LogP contribution in [0, 0.1) is 11.8 Å². The topological polar surface area (TPSA) is 109 Å². The van der Waals surface area contributed by atoms with Crippen LogP contribution in [0.15, 0.2) is 33.9 Å². The lowest BCUT2D eigenvalue weighted by atomic mass is 9.96. The summed E-state index contributed by atoms with van der Waals surface area (Å²) in [6, 6.07) is 6.55. The smallest absolute Gasteiger partial charge is 0.329 e. The van der Waals surface area contributed by atoms with Gasteiger partial charge in [0.1, 0.15) is 0 Å². The van der Waals surface area contributed by atoms with Crippen molar-refractivity contribution >= 4 is 22.7 Å². The van der Waals surface area contributed by atoms with Gasteiger partial charge in [0.05, 0.1) is 23.4 Å². The van der Waals surface area contributed by atoms with E-state index in [1.807, 2.05) is 0 Å². The predicted octanol–water partition coefficient (Wildman–Crippen LogP) is 1.15. The number of aromatic nitrogens is 2. The molecule has 0 bridgehead atoms. The van der Waals surface area contributed by atoms with Crippen LogP contribution in [0.4, 0.5) is 0 Å². The van der Waals surface area contributed by atoms with Crippen molar-refractivity contribution in [3.8, 4) is 0 Å². The fourth-order valence-corrected chi connectivity index (χ4v) is 2.89. The third-order valence-electron chi connectivity index (χ3n) is 4.36. The number of benzene rings is 1. The molecule has 1 heterocycles. The van der Waals surface area contributed by atoms with E-state index >= 15 is 0 Å². The maximum atomic E-state index is 12.4. The molecule has 126 valence electrons. The Bertz CT molecular complexity index is 907. The number of fused-ring (bicyclic) bond motifs is 1. The molecule has 0 aliphatic heterocycles. The van der Waals surface area contributed by atoms with E-state index in [2.05, 4.69) is 4.98 Å². The average molecular weight is 330 g/mol. The standard InChI is InChI=1S/C17H18N2O5/c20-12(8-11(16(22)23)7-10-5-6-10)9-19-15(21)13-3-1-2-4-14(13)18-17(19)24/h1-4,10-11H,5-9H2,(H,18,24)(H,22,23). The Morgan fingerprint density at radius 3 is 2.62 bits per heavy atom. The van der Waals surface area contributed by atoms with E-state index in [4.69, 9.17) is 0 Å². The number of nitrogens with zero attached hydrogens (tertiary/aromatic N) is 1. The number of ketones is 1. The van der Waals surface area contributed by atoms with Crippen molar-refractivity contribution in [2.45, 2.75) is 32.2 Å². The zero-order valence-corrected chi connectivity index (χ0v) is 13.0. The number of nitrogens with one attached hydrogen (secondary N) is 1. The molecule has 1 aliphatic carbocycles. The molecule has 0 spiro atoms. The van der Waals surface area contributed by atoms with E-state index in [0.717, 1.165) is 17.4 Å². The van der Waals surface area contributed by atoms with Crippen LogP contribution < -0.4 is 11.2 Å². The van der Waals surface area contributed by atoms with Gasteiger partial charge in [-0.15, -0.1) is 0 Å². The van der Waals surface area contributed by atoms with Crippen LogP contribution in [0.25, 0.3) is 10.9 Å². The molecule has 1 unspecified atom stereocenters. The lowest BCUT2D eigenvalue weighted by molar-refractivity contribution is -0.144. The molecule has 1 atom stereocenters. The van der Waals surface area contributed by atoms with Gasteiger partial charge in [-0.2, -0.15) is 0 Å². The summed E-state index contributed by atoms with van der Waals surface area (Å²) >= 11 is 0. The summed E-state index contributed by atoms with van der Waals surface area (Å²) in [7, 11) is 0. The zero-order valence-electron chi connectivity index (χ0n) is 13.0. The minimum Gasteiger partial charge on any atom is -0.481 e. The molecular weight excluding hydrogens is 312 g/mol. The Hall–Kier alpha value is -2.70. The number of para-hydroxylation sites is 1. The van der Waals surface area contributed by atoms with Crippen LogP contribution in [-0.4, -0.2) is 26.4 Å². The number of carbonyl (C=O) groups excluding carboxylic acids is 1. The highest BCUT2D eigenvalue weighted by Crippen LogP contribution is 2.36. The zero-order chi connectivity index (χ0) is 17.3. The fraction of sp³-hybridized carbons (Fsp3) is 0.412. The summed E-state index contributed by atoms with van der Waals surface area (Å²) in [5.74, 6) is -1.80. The van der Waals surface area contributed by atoms with Crippen LogP contribution >= 0.6 is 0 Å². The minimum absolute atomic E-state index is 0.162. The highest BCUT2D eigenvalue weighted by Gasteiger charge is 2.30. The van der Waals surface area contributed by atoms with Gasteiger partial charge in [0, 0.05) is 6.42 Å². The molecule has 7 heteroatoms. The van der Waals surface area contributed by atoms with E-state index in [0.29, 0.717) is 23.2 Å². The second kappa shape index (κ2) is 6.43.